The molecule has 1 aromatic heterocycles. The monoisotopic (exact) mass is 410 g/mol. The Labute approximate surface area is 162 Å². The van der Waals surface area contributed by atoms with Crippen molar-refractivity contribution in [3.05, 3.63) is 59.4 Å². The number of furan rings is 1. The second-order valence-electron chi connectivity index (χ2n) is 5.54. The van der Waals surface area contributed by atoms with E-state index in [0.29, 0.717) is 11.1 Å². The van der Waals surface area contributed by atoms with Gasteiger partial charge in [-0.15, -0.1) is 0 Å². The molecule has 0 atom stereocenters. The summed E-state index contributed by atoms with van der Waals surface area (Å²) in [5.41, 5.74) is 1.37. The van der Waals surface area contributed by atoms with Gasteiger partial charge in [0.25, 0.3) is 6.43 Å². The lowest BCUT2D eigenvalue weighted by Crippen LogP contribution is -2.04. The molecule has 9 heteroatoms. The average Bonchev–Trinajstić information content (AvgIpc) is 3.09. The van der Waals surface area contributed by atoms with Gasteiger partial charge < -0.3 is 13.9 Å². The molecule has 0 bridgehead atoms. The van der Waals surface area contributed by atoms with Crippen LogP contribution in [0.3, 0.4) is 0 Å². The van der Waals surface area contributed by atoms with Gasteiger partial charge in [0.1, 0.15) is 17.1 Å². The number of esters is 1. The highest BCUT2D eigenvalue weighted by Crippen LogP contribution is 2.36. The van der Waals surface area contributed by atoms with Gasteiger partial charge in [0.05, 0.1) is 17.6 Å². The zero-order chi connectivity index (χ0) is 20.7. The molecule has 0 N–H and O–H groups in total. The second kappa shape index (κ2) is 9.75. The fourth-order valence-electron chi connectivity index (χ4n) is 2.38. The highest BCUT2D eigenvalue weighted by Gasteiger charge is 2.20. The fraction of sp³-hybridized carbons (Fsp3) is 0.211. The molecule has 0 aliphatic rings. The summed E-state index contributed by atoms with van der Waals surface area (Å²) in [5.74, 6) is -0.286. The third kappa shape index (κ3) is 5.23. The number of carbonyl (C=O) groups excluding carboxylic acids is 1. The number of aryl methyl sites for hydroxylation is 1. The molecule has 0 aliphatic heterocycles. The van der Waals surface area contributed by atoms with Crippen LogP contribution in [0, 0.1) is 6.92 Å². The lowest BCUT2D eigenvalue weighted by atomic mass is 10.1. The van der Waals surface area contributed by atoms with Gasteiger partial charge in [0, 0.05) is 0 Å². The molecule has 0 amide bonds. The molecular weight excluding hydrogens is 394 g/mol. The number of benzene rings is 2. The van der Waals surface area contributed by atoms with Crippen LogP contribution in [-0.2, 0) is 16.3 Å². The first-order valence-corrected chi connectivity index (χ1v) is 8.75. The van der Waals surface area contributed by atoms with Crippen LogP contribution in [-0.4, -0.2) is 21.0 Å². The van der Waals surface area contributed by atoms with E-state index in [1.54, 1.807) is 19.1 Å². The molecule has 1 heterocycles. The molecule has 2 aromatic carbocycles. The molecule has 148 valence electrons. The predicted octanol–water partition coefficient (Wildman–Crippen LogP) is 4.98. The molecule has 0 radical (unpaired) electrons. The van der Waals surface area contributed by atoms with E-state index < -0.39 is 29.7 Å². The number of carbonyl (C=O) groups is 1. The third-order valence-corrected chi connectivity index (χ3v) is 3.59. The number of alkyl halides is 2. The van der Waals surface area contributed by atoms with Gasteiger partial charge in [-0.3, -0.25) is 0 Å². The van der Waals surface area contributed by atoms with Crippen molar-refractivity contribution in [1.29, 1.82) is 0 Å². The number of fused-ring (bicyclic) bond motifs is 1. The number of rotatable bonds is 5. The van der Waals surface area contributed by atoms with Crippen molar-refractivity contribution in [1.82, 2.24) is 0 Å². The first-order valence-electron chi connectivity index (χ1n) is 8.08. The Morgan fingerprint density at radius 2 is 1.79 bits per heavy atom. The van der Waals surface area contributed by atoms with Crippen molar-refractivity contribution >= 4 is 28.5 Å². The van der Waals surface area contributed by atoms with Gasteiger partial charge >= 0.3 is 17.5 Å². The Bertz CT molecular complexity index is 992. The summed E-state index contributed by atoms with van der Waals surface area (Å²) in [6.45, 7) is 3.82. The highest BCUT2D eigenvalue weighted by molar-refractivity contribution is 7.51. The molecule has 0 saturated heterocycles. The number of hydrogen-bond acceptors (Lipinski definition) is 6. The van der Waals surface area contributed by atoms with Crippen LogP contribution in [0.4, 0.5) is 8.78 Å². The van der Waals surface area contributed by atoms with Crippen molar-refractivity contribution in [3.8, 4) is 11.5 Å². The average molecular weight is 410 g/mol. The lowest BCUT2D eigenvalue weighted by molar-refractivity contribution is 0.0526. The van der Waals surface area contributed by atoms with E-state index in [1.807, 2.05) is 19.1 Å². The minimum Gasteiger partial charge on any atom is -0.462 e. The Morgan fingerprint density at radius 1 is 1.14 bits per heavy atom. The first-order chi connectivity index (χ1) is 13.4. The standard InChI is InChI=1S/C19H16F2O4.O2S/c1-3-23-19(22)12-8-15(24-13-6-4-11(2)5-7-13)14-10-17(18(20)21)25-16(14)9-12;1-3-2/h4-10,18H,3H2,1-2H3;. The second-order valence-corrected chi connectivity index (χ2v) is 5.68. The summed E-state index contributed by atoms with van der Waals surface area (Å²) in [6.07, 6.45) is -2.76. The van der Waals surface area contributed by atoms with Crippen LogP contribution in [0.5, 0.6) is 11.5 Å². The summed E-state index contributed by atoms with van der Waals surface area (Å²) in [4.78, 5) is 12.0. The van der Waals surface area contributed by atoms with Crippen molar-refractivity contribution < 1.29 is 35.9 Å². The van der Waals surface area contributed by atoms with Gasteiger partial charge in [0.15, 0.2) is 5.76 Å². The zero-order valence-corrected chi connectivity index (χ0v) is 15.8. The van der Waals surface area contributed by atoms with Crippen molar-refractivity contribution in [3.63, 3.8) is 0 Å². The van der Waals surface area contributed by atoms with Crippen LogP contribution in [0.25, 0.3) is 11.0 Å². The van der Waals surface area contributed by atoms with Gasteiger partial charge in [-0.05, 0) is 44.2 Å². The molecule has 3 aromatic rings. The smallest absolute Gasteiger partial charge is 0.338 e. The summed E-state index contributed by atoms with van der Waals surface area (Å²) in [5, 5.41) is 0.365. The maximum Gasteiger partial charge on any atom is 0.338 e. The SMILES string of the molecule is CCOC(=O)c1cc(Oc2ccc(C)cc2)c2cc(C(F)F)oc2c1.O=S=O. The molecule has 0 saturated carbocycles. The van der Waals surface area contributed by atoms with E-state index in [0.717, 1.165) is 5.56 Å². The summed E-state index contributed by atoms with van der Waals surface area (Å²) in [6, 6.07) is 11.3. The first kappa shape index (κ1) is 21.2. The molecule has 0 spiro atoms. The summed E-state index contributed by atoms with van der Waals surface area (Å²) in [7, 11) is 0. The van der Waals surface area contributed by atoms with E-state index in [-0.39, 0.29) is 23.5 Å². The predicted molar refractivity (Wildman–Crippen MR) is 97.3 cm³/mol. The maximum atomic E-state index is 13.0. The Kier molecular flexibility index (Phi) is 7.39. The quantitative estimate of drug-likeness (QED) is 0.552. The minimum atomic E-state index is -2.76. The summed E-state index contributed by atoms with van der Waals surface area (Å²) < 4.78 is 58.4. The van der Waals surface area contributed by atoms with Crippen LogP contribution < -0.4 is 4.74 Å². The Morgan fingerprint density at radius 3 is 2.36 bits per heavy atom. The fourth-order valence-corrected chi connectivity index (χ4v) is 2.38. The highest BCUT2D eigenvalue weighted by atomic mass is 32.1. The van der Waals surface area contributed by atoms with Gasteiger partial charge in [-0.1, -0.05) is 17.7 Å². The topological polar surface area (TPSA) is 82.8 Å². The molecule has 28 heavy (non-hydrogen) atoms. The lowest BCUT2D eigenvalue weighted by Gasteiger charge is -2.09. The van der Waals surface area contributed by atoms with E-state index in [2.05, 4.69) is 0 Å². The van der Waals surface area contributed by atoms with E-state index in [1.165, 1.54) is 18.2 Å². The maximum absolute atomic E-state index is 13.0. The van der Waals surface area contributed by atoms with Gasteiger partial charge in [-0.2, -0.15) is 8.42 Å². The molecule has 0 aliphatic carbocycles. The van der Waals surface area contributed by atoms with Crippen molar-refractivity contribution in [2.45, 2.75) is 20.3 Å². The van der Waals surface area contributed by atoms with E-state index in [4.69, 9.17) is 22.3 Å². The molecule has 0 fully saturated rings. The number of halogens is 2. The largest absolute Gasteiger partial charge is 0.462 e. The van der Waals surface area contributed by atoms with Crippen molar-refractivity contribution in [2.24, 2.45) is 0 Å². The van der Waals surface area contributed by atoms with Gasteiger partial charge in [-0.25, -0.2) is 13.6 Å². The Balaban J connectivity index is 0.000000878. The normalized spacial score (nSPS) is 10.3. The minimum absolute atomic E-state index is 0.142. The number of hydrogen-bond donors (Lipinski definition) is 0. The number of ether oxygens (including phenoxy) is 2. The van der Waals surface area contributed by atoms with Gasteiger partial charge in [0.2, 0.25) is 0 Å². The van der Waals surface area contributed by atoms with Crippen LogP contribution in [0.1, 0.15) is 35.0 Å². The van der Waals surface area contributed by atoms with E-state index in [9.17, 15) is 13.6 Å². The van der Waals surface area contributed by atoms with Crippen molar-refractivity contribution in [2.75, 3.05) is 6.61 Å². The third-order valence-electron chi connectivity index (χ3n) is 3.59. The van der Waals surface area contributed by atoms with Crippen LogP contribution in [0.2, 0.25) is 0 Å². The zero-order valence-electron chi connectivity index (χ0n) is 14.9. The van der Waals surface area contributed by atoms with E-state index >= 15 is 0 Å². The molecule has 6 nitrogen and oxygen atoms in total. The Hall–Kier alpha value is -3.07. The molecular formula is C19H16F2O6S. The summed E-state index contributed by atoms with van der Waals surface area (Å²) >= 11 is -0.750. The molecule has 0 unspecified atom stereocenters. The molecule has 3 rings (SSSR count). The van der Waals surface area contributed by atoms with Crippen LogP contribution in [0.15, 0.2) is 46.9 Å². The van der Waals surface area contributed by atoms with Crippen LogP contribution >= 0.6 is 0 Å².